The number of aromatic nitrogens is 3. The standard InChI is InChI=1S/C21H25N5O3.ClH/c1-2-29-19(27)15-25-13-6-16-14-17(4-5-18(16)25)24-20(28)21(7-10-22-11-8-21)26-12-3-9-23-26;/h3-6,9,12-14,22H,2,7-8,10-11,15H2,1H3,(H,24,28);1H. The van der Waals surface area contributed by atoms with Gasteiger partial charge in [-0.1, -0.05) is 0 Å². The molecule has 1 fully saturated rings. The number of carbonyl (C=O) groups is 2. The maximum Gasteiger partial charge on any atom is 0.325 e. The molecule has 3 heterocycles. The van der Waals surface area contributed by atoms with Crippen LogP contribution in [-0.4, -0.2) is 45.9 Å². The molecule has 0 unspecified atom stereocenters. The van der Waals surface area contributed by atoms with Gasteiger partial charge in [0, 0.05) is 35.2 Å². The molecule has 3 aromatic rings. The predicted octanol–water partition coefficient (Wildman–Crippen LogP) is 2.54. The summed E-state index contributed by atoms with van der Waals surface area (Å²) in [5, 5.41) is 11.7. The molecule has 4 rings (SSSR count). The number of piperidine rings is 1. The molecule has 1 amide bonds. The van der Waals surface area contributed by atoms with E-state index in [4.69, 9.17) is 4.74 Å². The second-order valence-electron chi connectivity index (χ2n) is 7.21. The first-order chi connectivity index (χ1) is 14.1. The Kier molecular flexibility index (Phi) is 6.79. The molecule has 9 heteroatoms. The fourth-order valence-electron chi connectivity index (χ4n) is 3.93. The first-order valence-corrected chi connectivity index (χ1v) is 9.89. The van der Waals surface area contributed by atoms with Crippen molar-refractivity contribution >= 4 is 40.9 Å². The van der Waals surface area contributed by atoms with Gasteiger partial charge < -0.3 is 19.9 Å². The van der Waals surface area contributed by atoms with E-state index < -0.39 is 5.54 Å². The topological polar surface area (TPSA) is 90.2 Å². The number of amides is 1. The van der Waals surface area contributed by atoms with Crippen molar-refractivity contribution < 1.29 is 14.3 Å². The van der Waals surface area contributed by atoms with Crippen LogP contribution in [0.4, 0.5) is 5.69 Å². The number of fused-ring (bicyclic) bond motifs is 1. The van der Waals surface area contributed by atoms with E-state index in [1.165, 1.54) is 0 Å². The number of rotatable bonds is 6. The number of benzene rings is 1. The molecule has 160 valence electrons. The number of ether oxygens (including phenoxy) is 1. The van der Waals surface area contributed by atoms with Crippen molar-refractivity contribution in [2.75, 3.05) is 25.0 Å². The van der Waals surface area contributed by atoms with E-state index in [2.05, 4.69) is 15.7 Å². The number of carbonyl (C=O) groups excluding carboxylic acids is 2. The number of esters is 1. The van der Waals surface area contributed by atoms with Crippen molar-refractivity contribution in [1.29, 1.82) is 0 Å². The number of hydrogen-bond acceptors (Lipinski definition) is 5. The summed E-state index contributed by atoms with van der Waals surface area (Å²) in [5.41, 5.74) is 0.945. The third kappa shape index (κ3) is 4.20. The van der Waals surface area contributed by atoms with Gasteiger partial charge in [-0.3, -0.25) is 14.3 Å². The minimum atomic E-state index is -0.695. The molecule has 1 aliphatic heterocycles. The summed E-state index contributed by atoms with van der Waals surface area (Å²) in [6, 6.07) is 9.47. The Hall–Kier alpha value is -2.84. The highest BCUT2D eigenvalue weighted by Gasteiger charge is 2.42. The van der Waals surface area contributed by atoms with Crippen LogP contribution in [0.15, 0.2) is 48.9 Å². The molecule has 30 heavy (non-hydrogen) atoms. The average Bonchev–Trinajstić information content (AvgIpc) is 3.39. The summed E-state index contributed by atoms with van der Waals surface area (Å²) < 4.78 is 8.64. The summed E-state index contributed by atoms with van der Waals surface area (Å²) in [6.45, 7) is 3.85. The third-order valence-electron chi connectivity index (χ3n) is 5.43. The van der Waals surface area contributed by atoms with E-state index in [9.17, 15) is 9.59 Å². The molecule has 1 saturated heterocycles. The van der Waals surface area contributed by atoms with Gasteiger partial charge >= 0.3 is 5.97 Å². The molecule has 0 saturated carbocycles. The molecule has 2 aromatic heterocycles. The molecule has 0 bridgehead atoms. The summed E-state index contributed by atoms with van der Waals surface area (Å²) in [7, 11) is 0. The zero-order valence-electron chi connectivity index (χ0n) is 16.8. The van der Waals surface area contributed by atoms with Crippen LogP contribution < -0.4 is 10.6 Å². The lowest BCUT2D eigenvalue weighted by molar-refractivity contribution is -0.143. The van der Waals surface area contributed by atoms with Crippen LogP contribution in [0, 0.1) is 0 Å². The van der Waals surface area contributed by atoms with Gasteiger partial charge in [-0.05, 0) is 63.2 Å². The van der Waals surface area contributed by atoms with E-state index in [0.29, 0.717) is 19.4 Å². The predicted molar refractivity (Wildman–Crippen MR) is 117 cm³/mol. The van der Waals surface area contributed by atoms with E-state index in [-0.39, 0.29) is 30.8 Å². The molecule has 2 N–H and O–H groups in total. The maximum absolute atomic E-state index is 13.3. The van der Waals surface area contributed by atoms with Crippen molar-refractivity contribution in [3.8, 4) is 0 Å². The van der Waals surface area contributed by atoms with Crippen molar-refractivity contribution in [3.63, 3.8) is 0 Å². The Labute approximate surface area is 181 Å². The fourth-order valence-corrected chi connectivity index (χ4v) is 3.93. The Morgan fingerprint density at radius 2 is 2.03 bits per heavy atom. The van der Waals surface area contributed by atoms with Crippen LogP contribution in [0.25, 0.3) is 10.9 Å². The highest BCUT2D eigenvalue weighted by molar-refractivity contribution is 5.98. The van der Waals surface area contributed by atoms with Crippen molar-refractivity contribution in [2.45, 2.75) is 31.8 Å². The normalized spacial score (nSPS) is 15.4. The minimum Gasteiger partial charge on any atom is -0.465 e. The number of nitrogens with zero attached hydrogens (tertiary/aromatic N) is 3. The molecule has 1 aliphatic rings. The van der Waals surface area contributed by atoms with Gasteiger partial charge in [0.1, 0.15) is 12.1 Å². The van der Waals surface area contributed by atoms with Crippen LogP contribution in [0.1, 0.15) is 19.8 Å². The molecular weight excluding hydrogens is 406 g/mol. The summed E-state index contributed by atoms with van der Waals surface area (Å²) in [6.07, 6.45) is 6.77. The van der Waals surface area contributed by atoms with Crippen LogP contribution in [0.5, 0.6) is 0 Å². The SMILES string of the molecule is CCOC(=O)Cn1ccc2cc(NC(=O)C3(n4cccn4)CCNCC3)ccc21.Cl. The molecule has 1 aromatic carbocycles. The molecule has 8 nitrogen and oxygen atoms in total. The number of anilines is 1. The minimum absolute atomic E-state index is 0. The second kappa shape index (κ2) is 9.32. The highest BCUT2D eigenvalue weighted by Crippen LogP contribution is 2.29. The van der Waals surface area contributed by atoms with E-state index in [0.717, 1.165) is 29.7 Å². The van der Waals surface area contributed by atoms with Crippen molar-refractivity contribution in [1.82, 2.24) is 19.7 Å². The van der Waals surface area contributed by atoms with Gasteiger partial charge in [0.25, 0.3) is 5.91 Å². The van der Waals surface area contributed by atoms with Crippen molar-refractivity contribution in [2.24, 2.45) is 0 Å². The average molecular weight is 432 g/mol. The Morgan fingerprint density at radius 3 is 2.73 bits per heavy atom. The lowest BCUT2D eigenvalue weighted by atomic mass is 9.87. The Balaban J connectivity index is 0.00000256. The third-order valence-corrected chi connectivity index (χ3v) is 5.43. The molecule has 0 spiro atoms. The van der Waals surface area contributed by atoms with Crippen LogP contribution >= 0.6 is 12.4 Å². The van der Waals surface area contributed by atoms with Crippen LogP contribution in [0.2, 0.25) is 0 Å². The fraction of sp³-hybridized carbons (Fsp3) is 0.381. The summed E-state index contributed by atoms with van der Waals surface area (Å²) in [4.78, 5) is 25.1. The van der Waals surface area contributed by atoms with Crippen LogP contribution in [-0.2, 0) is 26.4 Å². The Bertz CT molecular complexity index is 1010. The lowest BCUT2D eigenvalue weighted by Crippen LogP contribution is -2.52. The highest BCUT2D eigenvalue weighted by atomic mass is 35.5. The zero-order chi connectivity index (χ0) is 20.3. The lowest BCUT2D eigenvalue weighted by Gasteiger charge is -2.36. The first kappa shape index (κ1) is 21.9. The number of nitrogens with one attached hydrogen (secondary N) is 2. The molecule has 0 radical (unpaired) electrons. The number of hydrogen-bond donors (Lipinski definition) is 2. The van der Waals surface area contributed by atoms with Gasteiger partial charge in [0.05, 0.1) is 6.61 Å². The summed E-state index contributed by atoms with van der Waals surface area (Å²) >= 11 is 0. The zero-order valence-corrected chi connectivity index (χ0v) is 17.7. The van der Waals surface area contributed by atoms with Crippen LogP contribution in [0.3, 0.4) is 0 Å². The van der Waals surface area contributed by atoms with Crippen molar-refractivity contribution in [3.05, 3.63) is 48.9 Å². The maximum atomic E-state index is 13.3. The molecule has 0 atom stereocenters. The summed E-state index contributed by atoms with van der Waals surface area (Å²) in [5.74, 6) is -0.331. The quantitative estimate of drug-likeness (QED) is 0.585. The van der Waals surface area contributed by atoms with Gasteiger partial charge in [-0.15, -0.1) is 12.4 Å². The van der Waals surface area contributed by atoms with E-state index in [1.807, 2.05) is 47.3 Å². The van der Waals surface area contributed by atoms with Gasteiger partial charge in [0.15, 0.2) is 0 Å². The molecular formula is C21H26ClN5O3. The van der Waals surface area contributed by atoms with E-state index in [1.54, 1.807) is 17.8 Å². The van der Waals surface area contributed by atoms with Gasteiger partial charge in [-0.25, -0.2) is 0 Å². The second-order valence-corrected chi connectivity index (χ2v) is 7.21. The first-order valence-electron chi connectivity index (χ1n) is 9.89. The number of halogens is 1. The smallest absolute Gasteiger partial charge is 0.325 e. The molecule has 0 aliphatic carbocycles. The monoisotopic (exact) mass is 431 g/mol. The Morgan fingerprint density at radius 1 is 1.23 bits per heavy atom. The van der Waals surface area contributed by atoms with Gasteiger partial charge in [0.2, 0.25) is 0 Å². The van der Waals surface area contributed by atoms with E-state index >= 15 is 0 Å². The largest absolute Gasteiger partial charge is 0.465 e. The van der Waals surface area contributed by atoms with Gasteiger partial charge in [-0.2, -0.15) is 5.10 Å².